The van der Waals surface area contributed by atoms with Gasteiger partial charge in [-0.3, -0.25) is 9.59 Å². The Morgan fingerprint density at radius 3 is 2.04 bits per heavy atom. The molecule has 2 rings (SSSR count). The summed E-state index contributed by atoms with van der Waals surface area (Å²) in [5.41, 5.74) is 1.66. The number of benzene rings is 2. The largest absolute Gasteiger partial charge is 0.465 e. The number of rotatable bonds is 5. The molecule has 2 aromatic carbocycles. The average molecular weight is 340 g/mol. The number of nitrogens with zero attached hydrogens (tertiary/aromatic N) is 2. The zero-order valence-corrected chi connectivity index (χ0v) is 14.4. The van der Waals surface area contributed by atoms with Crippen molar-refractivity contribution in [3.63, 3.8) is 0 Å². The number of ether oxygens (including phenoxy) is 1. The van der Waals surface area contributed by atoms with Crippen LogP contribution < -0.4 is 9.80 Å². The Morgan fingerprint density at radius 2 is 1.52 bits per heavy atom. The molecule has 0 aromatic heterocycles. The van der Waals surface area contributed by atoms with E-state index in [0.717, 1.165) is 5.69 Å². The quantitative estimate of drug-likeness (QED) is 0.784. The van der Waals surface area contributed by atoms with Gasteiger partial charge in [-0.05, 0) is 36.4 Å². The molecule has 0 heterocycles. The van der Waals surface area contributed by atoms with Crippen LogP contribution in [0.25, 0.3) is 0 Å². The highest BCUT2D eigenvalue weighted by atomic mass is 16.5. The average Bonchev–Trinajstić information content (AvgIpc) is 2.65. The maximum atomic E-state index is 12.5. The number of anilines is 2. The van der Waals surface area contributed by atoms with Crippen molar-refractivity contribution in [2.24, 2.45) is 0 Å². The fraction of sp³-hybridized carbons (Fsp3) is 0.211. The zero-order valence-electron chi connectivity index (χ0n) is 14.4. The molecular weight excluding hydrogens is 320 g/mol. The van der Waals surface area contributed by atoms with Gasteiger partial charge in [0.05, 0.1) is 12.7 Å². The van der Waals surface area contributed by atoms with Crippen LogP contribution in [0.4, 0.5) is 11.4 Å². The van der Waals surface area contributed by atoms with E-state index in [1.807, 2.05) is 30.3 Å². The summed E-state index contributed by atoms with van der Waals surface area (Å²) >= 11 is 0. The van der Waals surface area contributed by atoms with Gasteiger partial charge in [-0.2, -0.15) is 0 Å². The van der Waals surface area contributed by atoms with Crippen molar-refractivity contribution in [3.05, 3.63) is 60.2 Å². The third-order valence-electron chi connectivity index (χ3n) is 3.79. The Balaban J connectivity index is 2.17. The van der Waals surface area contributed by atoms with E-state index in [2.05, 4.69) is 4.74 Å². The Bertz CT molecular complexity index is 757. The molecule has 0 bridgehead atoms. The predicted molar refractivity (Wildman–Crippen MR) is 95.7 cm³/mol. The van der Waals surface area contributed by atoms with Crippen LogP contribution in [0.2, 0.25) is 0 Å². The lowest BCUT2D eigenvalue weighted by Crippen LogP contribution is -2.40. The second-order valence-electron chi connectivity index (χ2n) is 5.43. The minimum absolute atomic E-state index is 0.0989. The molecule has 0 saturated carbocycles. The monoisotopic (exact) mass is 340 g/mol. The number of methoxy groups -OCH3 is 1. The molecule has 0 fully saturated rings. The van der Waals surface area contributed by atoms with E-state index in [9.17, 15) is 14.4 Å². The minimum Gasteiger partial charge on any atom is -0.465 e. The number of hydrogen-bond donors (Lipinski definition) is 0. The third kappa shape index (κ3) is 4.44. The maximum Gasteiger partial charge on any atom is 0.337 e. The van der Waals surface area contributed by atoms with E-state index >= 15 is 0 Å². The van der Waals surface area contributed by atoms with Crippen molar-refractivity contribution < 1.29 is 19.1 Å². The van der Waals surface area contributed by atoms with Gasteiger partial charge in [0.2, 0.25) is 11.8 Å². The highest BCUT2D eigenvalue weighted by Crippen LogP contribution is 2.18. The molecule has 2 aromatic rings. The summed E-state index contributed by atoms with van der Waals surface area (Å²) in [5.74, 6) is -0.945. The summed E-state index contributed by atoms with van der Waals surface area (Å²) in [7, 11) is 2.96. The smallest absolute Gasteiger partial charge is 0.337 e. The molecule has 6 nitrogen and oxygen atoms in total. The third-order valence-corrected chi connectivity index (χ3v) is 3.79. The van der Waals surface area contributed by atoms with E-state index in [-0.39, 0.29) is 18.4 Å². The van der Waals surface area contributed by atoms with Crippen molar-refractivity contribution in [2.45, 2.75) is 6.92 Å². The van der Waals surface area contributed by atoms with Crippen LogP contribution >= 0.6 is 0 Å². The molecule has 6 heteroatoms. The van der Waals surface area contributed by atoms with Gasteiger partial charge in [-0.1, -0.05) is 18.2 Å². The van der Waals surface area contributed by atoms with Crippen molar-refractivity contribution in [1.29, 1.82) is 0 Å². The van der Waals surface area contributed by atoms with E-state index < -0.39 is 5.97 Å². The Morgan fingerprint density at radius 1 is 0.920 bits per heavy atom. The molecule has 0 spiro atoms. The molecule has 25 heavy (non-hydrogen) atoms. The summed E-state index contributed by atoms with van der Waals surface area (Å²) in [6.45, 7) is 1.29. The van der Waals surface area contributed by atoms with Gasteiger partial charge < -0.3 is 14.5 Å². The second kappa shape index (κ2) is 8.10. The van der Waals surface area contributed by atoms with Gasteiger partial charge in [0.15, 0.2) is 0 Å². The molecule has 0 aliphatic carbocycles. The first-order chi connectivity index (χ1) is 11.9. The topological polar surface area (TPSA) is 66.9 Å². The van der Waals surface area contributed by atoms with Crippen molar-refractivity contribution in [3.8, 4) is 0 Å². The van der Waals surface area contributed by atoms with E-state index in [0.29, 0.717) is 11.3 Å². The van der Waals surface area contributed by atoms with Crippen LogP contribution in [0.15, 0.2) is 54.6 Å². The molecule has 0 saturated heterocycles. The number of carbonyl (C=O) groups is 3. The van der Waals surface area contributed by atoms with Crippen LogP contribution in [0.3, 0.4) is 0 Å². The SMILES string of the molecule is COC(=O)c1ccc(N(CC(=O)N(C)c2ccccc2)C(C)=O)cc1. The normalized spacial score (nSPS) is 10.0. The maximum absolute atomic E-state index is 12.5. The van der Waals surface area contributed by atoms with Gasteiger partial charge in [-0.25, -0.2) is 4.79 Å². The summed E-state index contributed by atoms with van der Waals surface area (Å²) in [5, 5.41) is 0. The van der Waals surface area contributed by atoms with Gasteiger partial charge >= 0.3 is 5.97 Å². The number of amides is 2. The summed E-state index contributed by atoms with van der Waals surface area (Å²) < 4.78 is 4.65. The fourth-order valence-electron chi connectivity index (χ4n) is 2.32. The van der Waals surface area contributed by atoms with Crippen LogP contribution in [-0.2, 0) is 14.3 Å². The Labute approximate surface area is 146 Å². The zero-order chi connectivity index (χ0) is 18.4. The molecule has 0 aliphatic heterocycles. The number of esters is 1. The van der Waals surface area contributed by atoms with Crippen LogP contribution in [0, 0.1) is 0 Å². The van der Waals surface area contributed by atoms with Gasteiger partial charge in [0.25, 0.3) is 0 Å². The first kappa shape index (κ1) is 18.2. The molecule has 0 unspecified atom stereocenters. The van der Waals surface area contributed by atoms with Crippen molar-refractivity contribution in [1.82, 2.24) is 0 Å². The first-order valence-corrected chi connectivity index (χ1v) is 7.72. The number of para-hydroxylation sites is 1. The number of likely N-dealkylation sites (N-methyl/N-ethyl adjacent to an activating group) is 1. The van der Waals surface area contributed by atoms with Gasteiger partial charge in [-0.15, -0.1) is 0 Å². The van der Waals surface area contributed by atoms with Crippen LogP contribution in [0.1, 0.15) is 17.3 Å². The summed E-state index contributed by atoms with van der Waals surface area (Å²) in [6.07, 6.45) is 0. The summed E-state index contributed by atoms with van der Waals surface area (Å²) in [6, 6.07) is 15.5. The lowest BCUT2D eigenvalue weighted by atomic mass is 10.2. The summed E-state index contributed by atoms with van der Waals surface area (Å²) in [4.78, 5) is 38.8. The molecule has 0 radical (unpaired) electrons. The predicted octanol–water partition coefficient (Wildman–Crippen LogP) is 2.49. The van der Waals surface area contributed by atoms with Gasteiger partial charge in [0.1, 0.15) is 6.54 Å². The molecule has 2 amide bonds. The van der Waals surface area contributed by atoms with E-state index in [1.165, 1.54) is 23.8 Å². The van der Waals surface area contributed by atoms with Crippen LogP contribution in [-0.4, -0.2) is 38.5 Å². The van der Waals surface area contributed by atoms with E-state index in [1.54, 1.807) is 31.3 Å². The highest BCUT2D eigenvalue weighted by molar-refractivity contribution is 6.03. The molecule has 0 N–H and O–H groups in total. The first-order valence-electron chi connectivity index (χ1n) is 7.72. The second-order valence-corrected chi connectivity index (χ2v) is 5.43. The number of hydrogen-bond acceptors (Lipinski definition) is 4. The van der Waals surface area contributed by atoms with Gasteiger partial charge in [0, 0.05) is 25.3 Å². The fourth-order valence-corrected chi connectivity index (χ4v) is 2.32. The minimum atomic E-state index is -0.458. The number of carbonyl (C=O) groups excluding carboxylic acids is 3. The molecule has 0 aliphatic rings. The van der Waals surface area contributed by atoms with Crippen LogP contribution in [0.5, 0.6) is 0 Å². The van der Waals surface area contributed by atoms with Crippen molar-refractivity contribution in [2.75, 3.05) is 30.5 Å². The Kier molecular flexibility index (Phi) is 5.89. The Hall–Kier alpha value is -3.15. The lowest BCUT2D eigenvalue weighted by Gasteiger charge is -2.24. The van der Waals surface area contributed by atoms with E-state index in [4.69, 9.17) is 0 Å². The molecular formula is C19H20N2O4. The standard InChI is InChI=1S/C19H20N2O4/c1-14(22)21(17-11-9-15(10-12-17)19(24)25-3)13-18(23)20(2)16-7-5-4-6-8-16/h4-12H,13H2,1-3H3. The lowest BCUT2D eigenvalue weighted by molar-refractivity contribution is -0.121. The van der Waals surface area contributed by atoms with Crippen molar-refractivity contribution >= 4 is 29.2 Å². The molecule has 0 atom stereocenters. The molecule has 130 valence electrons. The highest BCUT2D eigenvalue weighted by Gasteiger charge is 2.19.